The average Bonchev–Trinajstić information content (AvgIpc) is 2.63. The first-order valence-electron chi connectivity index (χ1n) is 6.76. The lowest BCUT2D eigenvalue weighted by atomic mass is 10.1. The second kappa shape index (κ2) is 6.01. The largest absolute Gasteiger partial charge is 0.368 e. The molecule has 1 aromatic rings. The van der Waals surface area contributed by atoms with Crippen LogP contribution in [0.3, 0.4) is 0 Å². The van der Waals surface area contributed by atoms with Gasteiger partial charge in [0.25, 0.3) is 0 Å². The molecule has 1 atom stereocenters. The fraction of sp³-hybridized carbons (Fsp3) is 0.643. The van der Waals surface area contributed by atoms with Gasteiger partial charge in [-0.25, -0.2) is 0 Å². The Morgan fingerprint density at radius 1 is 1.41 bits per heavy atom. The van der Waals surface area contributed by atoms with Crippen molar-refractivity contribution < 1.29 is 0 Å². The summed E-state index contributed by atoms with van der Waals surface area (Å²) in [6.07, 6.45) is 8.45. The molecule has 2 N–H and O–H groups in total. The maximum absolute atomic E-state index is 5.67. The van der Waals surface area contributed by atoms with Gasteiger partial charge in [-0.2, -0.15) is 0 Å². The van der Waals surface area contributed by atoms with Gasteiger partial charge in [-0.15, -0.1) is 0 Å². The Kier molecular flexibility index (Phi) is 4.37. The minimum atomic E-state index is 0.526. The summed E-state index contributed by atoms with van der Waals surface area (Å²) in [6.45, 7) is 3.99. The Labute approximate surface area is 104 Å². The molecule has 0 spiro atoms. The van der Waals surface area contributed by atoms with Crippen LogP contribution in [-0.4, -0.2) is 17.6 Å². The Morgan fingerprint density at radius 3 is 3.06 bits per heavy atom. The van der Waals surface area contributed by atoms with Crippen molar-refractivity contribution in [1.29, 1.82) is 0 Å². The van der Waals surface area contributed by atoms with Crippen LogP contribution in [0, 0.1) is 0 Å². The second-order valence-corrected chi connectivity index (χ2v) is 4.81. The second-order valence-electron chi connectivity index (χ2n) is 4.81. The van der Waals surface area contributed by atoms with Crippen LogP contribution in [0.2, 0.25) is 0 Å². The molecule has 0 radical (unpaired) electrons. The van der Waals surface area contributed by atoms with E-state index in [1.54, 1.807) is 0 Å². The van der Waals surface area contributed by atoms with Crippen LogP contribution in [0.1, 0.15) is 44.7 Å². The Bertz CT molecular complexity index is 351. The number of nitrogens with zero attached hydrogens (tertiary/aromatic N) is 2. The molecule has 0 amide bonds. The Balaban J connectivity index is 2.21. The molecule has 1 aliphatic heterocycles. The summed E-state index contributed by atoms with van der Waals surface area (Å²) >= 11 is 0. The van der Waals surface area contributed by atoms with E-state index in [-0.39, 0.29) is 0 Å². The van der Waals surface area contributed by atoms with Gasteiger partial charge in [-0.05, 0) is 31.4 Å². The van der Waals surface area contributed by atoms with Crippen molar-refractivity contribution in [1.82, 2.24) is 4.98 Å². The van der Waals surface area contributed by atoms with Gasteiger partial charge >= 0.3 is 0 Å². The third kappa shape index (κ3) is 2.97. The highest BCUT2D eigenvalue weighted by molar-refractivity contribution is 5.47. The van der Waals surface area contributed by atoms with Crippen molar-refractivity contribution >= 4 is 5.69 Å². The first kappa shape index (κ1) is 12.4. The molecule has 1 saturated heterocycles. The molecule has 2 rings (SSSR count). The van der Waals surface area contributed by atoms with Gasteiger partial charge in [0.05, 0.1) is 5.69 Å². The van der Waals surface area contributed by atoms with E-state index in [2.05, 4.69) is 28.9 Å². The summed E-state index contributed by atoms with van der Waals surface area (Å²) in [4.78, 5) is 6.82. The predicted molar refractivity (Wildman–Crippen MR) is 72.0 cm³/mol. The van der Waals surface area contributed by atoms with Crippen LogP contribution in [0.4, 0.5) is 5.69 Å². The standard InChI is InChI=1S/C14H23N3/c1-2-13-6-4-3-5-9-17(13)14-7-8-16-12(10-14)11-15/h7-8,10,13H,2-6,9,11,15H2,1H3. The highest BCUT2D eigenvalue weighted by Crippen LogP contribution is 2.25. The number of rotatable bonds is 3. The van der Waals surface area contributed by atoms with Crippen molar-refractivity contribution in [2.45, 2.75) is 51.6 Å². The maximum atomic E-state index is 5.67. The predicted octanol–water partition coefficient (Wildman–Crippen LogP) is 2.70. The average molecular weight is 233 g/mol. The van der Waals surface area contributed by atoms with Gasteiger partial charge in [0.15, 0.2) is 0 Å². The molecule has 0 saturated carbocycles. The monoisotopic (exact) mass is 233 g/mol. The van der Waals surface area contributed by atoms with E-state index in [0.717, 1.165) is 5.69 Å². The molecule has 1 fully saturated rings. The number of pyridine rings is 1. The topological polar surface area (TPSA) is 42.2 Å². The van der Waals surface area contributed by atoms with Crippen molar-refractivity contribution in [2.75, 3.05) is 11.4 Å². The molecule has 94 valence electrons. The number of nitrogens with two attached hydrogens (primary N) is 1. The van der Waals surface area contributed by atoms with Gasteiger partial charge in [0, 0.05) is 31.0 Å². The molecule has 3 nitrogen and oxygen atoms in total. The lowest BCUT2D eigenvalue weighted by Gasteiger charge is -2.31. The summed E-state index contributed by atoms with van der Waals surface area (Å²) in [5.41, 5.74) is 7.95. The van der Waals surface area contributed by atoms with E-state index in [9.17, 15) is 0 Å². The molecule has 0 aromatic carbocycles. The zero-order valence-electron chi connectivity index (χ0n) is 10.7. The first-order chi connectivity index (χ1) is 8.35. The van der Waals surface area contributed by atoms with E-state index >= 15 is 0 Å². The van der Waals surface area contributed by atoms with Crippen molar-refractivity contribution in [3.05, 3.63) is 24.0 Å². The van der Waals surface area contributed by atoms with Crippen molar-refractivity contribution in [3.8, 4) is 0 Å². The summed E-state index contributed by atoms with van der Waals surface area (Å²) < 4.78 is 0. The van der Waals surface area contributed by atoms with E-state index in [4.69, 9.17) is 5.73 Å². The lowest BCUT2D eigenvalue weighted by molar-refractivity contribution is 0.556. The zero-order chi connectivity index (χ0) is 12.1. The van der Waals surface area contributed by atoms with Crippen LogP contribution in [0.15, 0.2) is 18.3 Å². The molecule has 0 aliphatic carbocycles. The van der Waals surface area contributed by atoms with Crippen molar-refractivity contribution in [3.63, 3.8) is 0 Å². The number of aromatic nitrogens is 1. The molecular formula is C14H23N3. The SMILES string of the molecule is CCC1CCCCCN1c1ccnc(CN)c1. The third-order valence-electron chi connectivity index (χ3n) is 3.69. The minimum absolute atomic E-state index is 0.526. The van der Waals surface area contributed by atoms with Crippen LogP contribution in [0.5, 0.6) is 0 Å². The van der Waals surface area contributed by atoms with Gasteiger partial charge in [-0.1, -0.05) is 19.8 Å². The maximum Gasteiger partial charge on any atom is 0.0560 e. The van der Waals surface area contributed by atoms with Gasteiger partial charge < -0.3 is 10.6 Å². The van der Waals surface area contributed by atoms with Gasteiger partial charge in [0.1, 0.15) is 0 Å². The van der Waals surface area contributed by atoms with E-state index in [1.807, 2.05) is 6.20 Å². The molecule has 1 aromatic heterocycles. The molecule has 3 heteroatoms. The summed E-state index contributed by atoms with van der Waals surface area (Å²) in [6, 6.07) is 4.95. The number of hydrogen-bond donors (Lipinski definition) is 1. The smallest absolute Gasteiger partial charge is 0.0560 e. The fourth-order valence-corrected chi connectivity index (χ4v) is 2.70. The fourth-order valence-electron chi connectivity index (χ4n) is 2.70. The molecule has 0 bridgehead atoms. The number of anilines is 1. The summed E-state index contributed by atoms with van der Waals surface area (Å²) in [5, 5.41) is 0. The highest BCUT2D eigenvalue weighted by Gasteiger charge is 2.19. The number of hydrogen-bond acceptors (Lipinski definition) is 3. The third-order valence-corrected chi connectivity index (χ3v) is 3.69. The molecule has 17 heavy (non-hydrogen) atoms. The summed E-state index contributed by atoms with van der Waals surface area (Å²) in [7, 11) is 0. The normalized spacial score (nSPS) is 21.3. The molecule has 1 aliphatic rings. The van der Waals surface area contributed by atoms with E-state index in [0.29, 0.717) is 12.6 Å². The molecular weight excluding hydrogens is 210 g/mol. The van der Waals surface area contributed by atoms with Crippen molar-refractivity contribution in [2.24, 2.45) is 5.73 Å². The quantitative estimate of drug-likeness (QED) is 0.872. The Hall–Kier alpha value is -1.09. The summed E-state index contributed by atoms with van der Waals surface area (Å²) in [5.74, 6) is 0. The molecule has 1 unspecified atom stereocenters. The Morgan fingerprint density at radius 2 is 2.29 bits per heavy atom. The van der Waals surface area contributed by atoms with Crippen LogP contribution in [-0.2, 0) is 6.54 Å². The minimum Gasteiger partial charge on any atom is -0.368 e. The highest BCUT2D eigenvalue weighted by atomic mass is 15.2. The first-order valence-corrected chi connectivity index (χ1v) is 6.76. The molecule has 2 heterocycles. The van der Waals surface area contributed by atoms with E-state index in [1.165, 1.54) is 44.3 Å². The van der Waals surface area contributed by atoms with Crippen LogP contribution >= 0.6 is 0 Å². The van der Waals surface area contributed by atoms with Gasteiger partial charge in [0.2, 0.25) is 0 Å². The van der Waals surface area contributed by atoms with Crippen LogP contribution < -0.4 is 10.6 Å². The lowest BCUT2D eigenvalue weighted by Crippen LogP contribution is -2.34. The van der Waals surface area contributed by atoms with Crippen LogP contribution in [0.25, 0.3) is 0 Å². The van der Waals surface area contributed by atoms with Gasteiger partial charge in [-0.3, -0.25) is 4.98 Å². The zero-order valence-corrected chi connectivity index (χ0v) is 10.7. The van der Waals surface area contributed by atoms with E-state index < -0.39 is 0 Å².